The highest BCUT2D eigenvalue weighted by Gasteiger charge is 2.13. The number of hydrogen-bond donors (Lipinski definition) is 1. The first-order chi connectivity index (χ1) is 7.65. The molecule has 1 N–H and O–H groups in total. The van der Waals surface area contributed by atoms with Crippen LogP contribution in [0.1, 0.15) is 20.9 Å². The Morgan fingerprint density at radius 2 is 2.19 bits per heavy atom. The van der Waals surface area contributed by atoms with Crippen LogP contribution in [0.4, 0.5) is 0 Å². The SMILES string of the molecule is COc1cc2oc(C(=O)O)cc2cc1C=O. The van der Waals surface area contributed by atoms with Crippen LogP contribution in [0.5, 0.6) is 5.75 Å². The Kier molecular flexibility index (Phi) is 2.36. The van der Waals surface area contributed by atoms with Gasteiger partial charge >= 0.3 is 5.97 Å². The minimum atomic E-state index is -1.15. The van der Waals surface area contributed by atoms with Crippen molar-refractivity contribution < 1.29 is 23.8 Å². The third-order valence-electron chi connectivity index (χ3n) is 2.21. The maximum atomic E-state index is 10.7. The average molecular weight is 220 g/mol. The molecule has 1 aromatic heterocycles. The predicted molar refractivity (Wildman–Crippen MR) is 55.1 cm³/mol. The third-order valence-corrected chi connectivity index (χ3v) is 2.21. The first-order valence-electron chi connectivity index (χ1n) is 4.45. The van der Waals surface area contributed by atoms with Gasteiger partial charge in [-0.25, -0.2) is 4.79 Å². The van der Waals surface area contributed by atoms with Gasteiger partial charge in [0.05, 0.1) is 12.7 Å². The van der Waals surface area contributed by atoms with Crippen LogP contribution >= 0.6 is 0 Å². The maximum Gasteiger partial charge on any atom is 0.371 e. The fraction of sp³-hybridized carbons (Fsp3) is 0.0909. The van der Waals surface area contributed by atoms with E-state index in [9.17, 15) is 9.59 Å². The van der Waals surface area contributed by atoms with Gasteiger partial charge in [-0.1, -0.05) is 0 Å². The van der Waals surface area contributed by atoms with Gasteiger partial charge in [-0.3, -0.25) is 4.79 Å². The van der Waals surface area contributed by atoms with Gasteiger partial charge in [-0.2, -0.15) is 0 Å². The van der Waals surface area contributed by atoms with Crippen LogP contribution in [0.25, 0.3) is 11.0 Å². The smallest absolute Gasteiger partial charge is 0.371 e. The summed E-state index contributed by atoms with van der Waals surface area (Å²) in [5, 5.41) is 9.30. The highest BCUT2D eigenvalue weighted by molar-refractivity contribution is 5.95. The molecule has 0 saturated carbocycles. The first kappa shape index (κ1) is 10.2. The number of carbonyl (C=O) groups is 2. The Balaban J connectivity index is 2.68. The molecule has 0 aliphatic rings. The van der Waals surface area contributed by atoms with E-state index in [0.717, 1.165) is 0 Å². The minimum absolute atomic E-state index is 0.167. The molecule has 0 saturated heterocycles. The summed E-state index contributed by atoms with van der Waals surface area (Å²) in [5.41, 5.74) is 0.729. The van der Waals surface area contributed by atoms with Crippen molar-refractivity contribution in [1.82, 2.24) is 0 Å². The summed E-state index contributed by atoms with van der Waals surface area (Å²) in [4.78, 5) is 21.4. The van der Waals surface area contributed by atoms with Crippen molar-refractivity contribution in [2.45, 2.75) is 0 Å². The van der Waals surface area contributed by atoms with Gasteiger partial charge < -0.3 is 14.3 Å². The summed E-state index contributed by atoms with van der Waals surface area (Å²) >= 11 is 0. The molecule has 0 aliphatic carbocycles. The first-order valence-corrected chi connectivity index (χ1v) is 4.45. The molecule has 0 spiro atoms. The Hall–Kier alpha value is -2.30. The molecule has 2 aromatic rings. The van der Waals surface area contributed by atoms with Crippen LogP contribution in [-0.2, 0) is 0 Å². The Morgan fingerprint density at radius 3 is 2.75 bits per heavy atom. The quantitative estimate of drug-likeness (QED) is 0.800. The van der Waals surface area contributed by atoms with E-state index in [-0.39, 0.29) is 5.76 Å². The van der Waals surface area contributed by atoms with Gasteiger partial charge in [0.1, 0.15) is 11.3 Å². The molecule has 0 atom stereocenters. The normalized spacial score (nSPS) is 10.3. The van der Waals surface area contributed by atoms with Gasteiger partial charge in [0.15, 0.2) is 6.29 Å². The monoisotopic (exact) mass is 220 g/mol. The fourth-order valence-corrected chi connectivity index (χ4v) is 1.46. The highest BCUT2D eigenvalue weighted by atomic mass is 16.5. The number of carboxylic acids is 1. The molecular formula is C11H8O5. The van der Waals surface area contributed by atoms with E-state index >= 15 is 0 Å². The molecule has 82 valence electrons. The molecule has 0 radical (unpaired) electrons. The molecule has 2 rings (SSSR count). The lowest BCUT2D eigenvalue weighted by Crippen LogP contribution is -1.91. The summed E-state index contributed by atoms with van der Waals surface area (Å²) in [6.45, 7) is 0. The van der Waals surface area contributed by atoms with Gasteiger partial charge in [0, 0.05) is 11.5 Å². The van der Waals surface area contributed by atoms with Gasteiger partial charge in [-0.15, -0.1) is 0 Å². The van der Waals surface area contributed by atoms with Crippen molar-refractivity contribution in [3.8, 4) is 5.75 Å². The van der Waals surface area contributed by atoms with E-state index in [1.807, 2.05) is 0 Å². The summed E-state index contributed by atoms with van der Waals surface area (Å²) in [5.74, 6) is -0.961. The number of furan rings is 1. The van der Waals surface area contributed by atoms with Crippen molar-refractivity contribution in [1.29, 1.82) is 0 Å². The standard InChI is InChI=1S/C11H8O5/c1-15-8-4-9-6(2-7(8)5-12)3-10(16-9)11(13)14/h2-5H,1H3,(H,13,14). The molecule has 1 aromatic carbocycles. The Bertz CT molecular complexity index is 567. The second kappa shape index (κ2) is 3.69. The number of ether oxygens (including phenoxy) is 1. The number of carbonyl (C=O) groups excluding carboxylic acids is 1. The van der Waals surface area contributed by atoms with Crippen molar-refractivity contribution in [2.24, 2.45) is 0 Å². The van der Waals surface area contributed by atoms with Crippen LogP contribution in [0.2, 0.25) is 0 Å². The molecule has 0 fully saturated rings. The topological polar surface area (TPSA) is 76.7 Å². The highest BCUT2D eigenvalue weighted by Crippen LogP contribution is 2.27. The maximum absolute atomic E-state index is 10.7. The van der Waals surface area contributed by atoms with E-state index in [2.05, 4.69) is 0 Å². The van der Waals surface area contributed by atoms with Gasteiger partial charge in [0.25, 0.3) is 0 Å². The molecule has 5 heteroatoms. The number of aldehydes is 1. The molecule has 0 bridgehead atoms. The molecular weight excluding hydrogens is 212 g/mol. The number of benzene rings is 1. The Labute approximate surface area is 90.2 Å². The number of fused-ring (bicyclic) bond motifs is 1. The number of hydrogen-bond acceptors (Lipinski definition) is 4. The molecule has 0 aliphatic heterocycles. The minimum Gasteiger partial charge on any atom is -0.496 e. The number of rotatable bonds is 3. The van der Waals surface area contributed by atoms with Crippen LogP contribution in [0.15, 0.2) is 22.6 Å². The lowest BCUT2D eigenvalue weighted by molar-refractivity contribution is 0.0665. The zero-order valence-corrected chi connectivity index (χ0v) is 8.39. The van der Waals surface area contributed by atoms with Crippen LogP contribution < -0.4 is 4.74 Å². The van der Waals surface area contributed by atoms with Crippen molar-refractivity contribution >= 4 is 23.2 Å². The Morgan fingerprint density at radius 1 is 1.44 bits per heavy atom. The van der Waals surface area contributed by atoms with Crippen LogP contribution in [-0.4, -0.2) is 24.5 Å². The number of carboxylic acid groups (broad SMARTS) is 1. The molecule has 0 unspecified atom stereocenters. The van der Waals surface area contributed by atoms with E-state index in [1.54, 1.807) is 0 Å². The zero-order chi connectivity index (χ0) is 11.7. The third kappa shape index (κ3) is 1.52. The van der Waals surface area contributed by atoms with Gasteiger partial charge in [0.2, 0.25) is 5.76 Å². The number of methoxy groups -OCH3 is 1. The van der Waals surface area contributed by atoms with E-state index in [4.69, 9.17) is 14.3 Å². The summed E-state index contributed by atoms with van der Waals surface area (Å²) in [7, 11) is 1.43. The zero-order valence-electron chi connectivity index (χ0n) is 8.39. The largest absolute Gasteiger partial charge is 0.496 e. The summed E-state index contributed by atoms with van der Waals surface area (Å²) in [6.07, 6.45) is 0.645. The second-order valence-electron chi connectivity index (χ2n) is 3.17. The fourth-order valence-electron chi connectivity index (χ4n) is 1.46. The average Bonchev–Trinajstić information content (AvgIpc) is 2.69. The summed E-state index contributed by atoms with van der Waals surface area (Å²) in [6, 6.07) is 4.38. The van der Waals surface area contributed by atoms with Crippen molar-refractivity contribution in [3.05, 3.63) is 29.5 Å². The lowest BCUT2D eigenvalue weighted by atomic mass is 10.1. The van der Waals surface area contributed by atoms with E-state index < -0.39 is 5.97 Å². The predicted octanol–water partition coefficient (Wildman–Crippen LogP) is 1.95. The molecule has 1 heterocycles. The van der Waals surface area contributed by atoms with Gasteiger partial charge in [-0.05, 0) is 12.1 Å². The lowest BCUT2D eigenvalue weighted by Gasteiger charge is -2.01. The van der Waals surface area contributed by atoms with Crippen LogP contribution in [0.3, 0.4) is 0 Å². The molecule has 5 nitrogen and oxygen atoms in total. The molecule has 0 amide bonds. The van der Waals surface area contributed by atoms with Crippen molar-refractivity contribution in [3.63, 3.8) is 0 Å². The second-order valence-corrected chi connectivity index (χ2v) is 3.17. The van der Waals surface area contributed by atoms with E-state index in [1.165, 1.54) is 25.3 Å². The molecule has 16 heavy (non-hydrogen) atoms. The van der Waals surface area contributed by atoms with Crippen molar-refractivity contribution in [2.75, 3.05) is 7.11 Å². The number of aromatic carboxylic acids is 1. The summed E-state index contributed by atoms with van der Waals surface area (Å²) < 4.78 is 10.1. The van der Waals surface area contributed by atoms with E-state index in [0.29, 0.717) is 28.6 Å². The van der Waals surface area contributed by atoms with Crippen LogP contribution in [0, 0.1) is 0 Å².